The van der Waals surface area contributed by atoms with E-state index in [1.54, 1.807) is 24.3 Å². The molecule has 0 aliphatic rings. The summed E-state index contributed by atoms with van der Waals surface area (Å²) in [6.45, 7) is 0.0962. The second kappa shape index (κ2) is 9.26. The van der Waals surface area contributed by atoms with Gasteiger partial charge in [-0.1, -0.05) is 23.7 Å². The van der Waals surface area contributed by atoms with Crippen molar-refractivity contribution in [3.63, 3.8) is 0 Å². The van der Waals surface area contributed by atoms with Crippen molar-refractivity contribution in [3.8, 4) is 5.75 Å². The highest BCUT2D eigenvalue weighted by molar-refractivity contribution is 7.89. The molecule has 0 aromatic heterocycles. The maximum absolute atomic E-state index is 12.1. The lowest BCUT2D eigenvalue weighted by atomic mass is 10.2. The van der Waals surface area contributed by atoms with Crippen LogP contribution in [0.2, 0.25) is 5.02 Å². The Kier molecular flexibility index (Phi) is 7.28. The summed E-state index contributed by atoms with van der Waals surface area (Å²) in [6.07, 6.45) is -4.97. The van der Waals surface area contributed by atoms with E-state index in [0.29, 0.717) is 5.02 Å². The molecule has 2 N–H and O–H groups in total. The second-order valence-electron chi connectivity index (χ2n) is 5.57. The van der Waals surface area contributed by atoms with Crippen LogP contribution in [0, 0.1) is 0 Å². The first-order valence-electron chi connectivity index (χ1n) is 7.92. The van der Waals surface area contributed by atoms with Gasteiger partial charge in [-0.2, -0.15) is 0 Å². The first-order chi connectivity index (χ1) is 13.0. The molecular formula is C17H16ClF3N2O4S. The number of ether oxygens (including phenoxy) is 1. The van der Waals surface area contributed by atoms with Gasteiger partial charge in [0, 0.05) is 24.5 Å². The first-order valence-corrected chi connectivity index (χ1v) is 9.78. The Morgan fingerprint density at radius 1 is 1.04 bits per heavy atom. The summed E-state index contributed by atoms with van der Waals surface area (Å²) in [5.41, 5.74) is 0.833. The molecule has 1 amide bonds. The Bertz CT molecular complexity index is 901. The highest BCUT2D eigenvalue weighted by Gasteiger charge is 2.31. The number of hydrogen-bond donors (Lipinski definition) is 2. The van der Waals surface area contributed by atoms with Crippen molar-refractivity contribution in [1.29, 1.82) is 0 Å². The fraction of sp³-hybridized carbons (Fsp3) is 0.235. The number of rotatable bonds is 8. The molecule has 0 fully saturated rings. The lowest BCUT2D eigenvalue weighted by Crippen LogP contribution is -2.30. The molecule has 11 heteroatoms. The van der Waals surface area contributed by atoms with E-state index in [4.69, 9.17) is 11.6 Å². The quantitative estimate of drug-likeness (QED) is 0.665. The number of benzene rings is 2. The van der Waals surface area contributed by atoms with Crippen LogP contribution in [0.5, 0.6) is 5.75 Å². The van der Waals surface area contributed by atoms with Crippen molar-refractivity contribution in [1.82, 2.24) is 10.0 Å². The van der Waals surface area contributed by atoms with E-state index in [9.17, 15) is 26.4 Å². The number of halogens is 4. The van der Waals surface area contributed by atoms with Gasteiger partial charge in [-0.3, -0.25) is 4.79 Å². The second-order valence-corrected chi connectivity index (χ2v) is 7.77. The third kappa shape index (κ3) is 7.37. The van der Waals surface area contributed by atoms with Crippen molar-refractivity contribution >= 4 is 27.5 Å². The number of sulfonamides is 1. The van der Waals surface area contributed by atoms with Gasteiger partial charge in [0.05, 0.1) is 4.90 Å². The summed E-state index contributed by atoms with van der Waals surface area (Å²) in [6, 6.07) is 10.6. The number of amides is 1. The van der Waals surface area contributed by atoms with Crippen LogP contribution in [-0.2, 0) is 21.4 Å². The summed E-state index contributed by atoms with van der Waals surface area (Å²) < 4.78 is 66.4. The molecule has 2 rings (SSSR count). The molecule has 2 aromatic carbocycles. The van der Waals surface area contributed by atoms with Crippen LogP contribution in [0.1, 0.15) is 12.0 Å². The Hall–Kier alpha value is -2.30. The number of nitrogens with one attached hydrogen (secondary N) is 2. The molecule has 0 aliphatic carbocycles. The van der Waals surface area contributed by atoms with E-state index >= 15 is 0 Å². The van der Waals surface area contributed by atoms with E-state index in [1.807, 2.05) is 0 Å². The van der Waals surface area contributed by atoms with Crippen molar-refractivity contribution in [2.75, 3.05) is 6.54 Å². The van der Waals surface area contributed by atoms with Crippen LogP contribution in [0.15, 0.2) is 53.4 Å². The van der Waals surface area contributed by atoms with E-state index in [1.165, 1.54) is 0 Å². The average molecular weight is 437 g/mol. The summed E-state index contributed by atoms with van der Waals surface area (Å²) >= 11 is 5.76. The third-order valence-electron chi connectivity index (χ3n) is 3.41. The molecule has 0 bridgehead atoms. The largest absolute Gasteiger partial charge is 0.573 e. The highest BCUT2D eigenvalue weighted by atomic mass is 35.5. The molecule has 2 aromatic rings. The lowest BCUT2D eigenvalue weighted by Gasteiger charge is -2.10. The van der Waals surface area contributed by atoms with Crippen molar-refractivity contribution in [3.05, 3.63) is 59.1 Å². The van der Waals surface area contributed by atoms with E-state index in [-0.39, 0.29) is 30.3 Å². The maximum atomic E-state index is 12.1. The van der Waals surface area contributed by atoms with E-state index in [0.717, 1.165) is 29.8 Å². The van der Waals surface area contributed by atoms with Crippen LogP contribution < -0.4 is 14.8 Å². The van der Waals surface area contributed by atoms with Gasteiger partial charge >= 0.3 is 6.36 Å². The van der Waals surface area contributed by atoms with Crippen LogP contribution in [-0.4, -0.2) is 27.2 Å². The Balaban J connectivity index is 1.80. The summed E-state index contributed by atoms with van der Waals surface area (Å²) in [5.74, 6) is -0.903. The molecule has 0 saturated heterocycles. The van der Waals surface area contributed by atoms with Gasteiger partial charge in [-0.25, -0.2) is 13.1 Å². The Morgan fingerprint density at radius 2 is 1.64 bits per heavy atom. The molecule has 6 nitrogen and oxygen atoms in total. The Labute approximate surface area is 164 Å². The summed E-state index contributed by atoms with van der Waals surface area (Å²) in [4.78, 5) is 11.5. The van der Waals surface area contributed by atoms with E-state index in [2.05, 4.69) is 14.8 Å². The predicted octanol–water partition coefficient (Wildman–Crippen LogP) is 3.22. The van der Waals surface area contributed by atoms with Crippen LogP contribution in [0.25, 0.3) is 0 Å². The van der Waals surface area contributed by atoms with Crippen molar-refractivity contribution in [2.24, 2.45) is 0 Å². The van der Waals surface area contributed by atoms with E-state index < -0.39 is 22.1 Å². The number of carbonyl (C=O) groups excluding carboxylic acids is 1. The van der Waals surface area contributed by atoms with Crippen LogP contribution >= 0.6 is 11.6 Å². The fourth-order valence-corrected chi connectivity index (χ4v) is 3.25. The minimum atomic E-state index is -4.86. The highest BCUT2D eigenvalue weighted by Crippen LogP contribution is 2.23. The molecule has 0 aliphatic heterocycles. The van der Waals surface area contributed by atoms with Crippen molar-refractivity contribution in [2.45, 2.75) is 24.2 Å². The minimum absolute atomic E-state index is 0.109. The molecule has 28 heavy (non-hydrogen) atoms. The standard InChI is InChI=1S/C17H16ClF3N2O4S/c18-13-3-1-12(2-4-13)11-22-16(24)9-10-23-28(25,26)15-7-5-14(6-8-15)27-17(19,20)21/h1-8,23H,9-11H2,(H,22,24). The zero-order valence-corrected chi connectivity index (χ0v) is 15.9. The smallest absolute Gasteiger partial charge is 0.406 e. The van der Waals surface area contributed by atoms with Gasteiger partial charge in [-0.05, 0) is 42.0 Å². The minimum Gasteiger partial charge on any atom is -0.406 e. The topological polar surface area (TPSA) is 84.5 Å². The van der Waals surface area contributed by atoms with Crippen LogP contribution in [0.3, 0.4) is 0 Å². The zero-order valence-electron chi connectivity index (χ0n) is 14.3. The van der Waals surface area contributed by atoms with Gasteiger partial charge < -0.3 is 10.1 Å². The van der Waals surface area contributed by atoms with Gasteiger partial charge in [0.25, 0.3) is 0 Å². The molecule has 0 atom stereocenters. The monoisotopic (exact) mass is 436 g/mol. The van der Waals surface area contributed by atoms with Gasteiger partial charge in [-0.15, -0.1) is 13.2 Å². The van der Waals surface area contributed by atoms with Crippen molar-refractivity contribution < 1.29 is 31.1 Å². The summed E-state index contributed by atoms with van der Waals surface area (Å²) in [7, 11) is -3.97. The van der Waals surface area contributed by atoms with Gasteiger partial charge in [0.2, 0.25) is 15.9 Å². The van der Waals surface area contributed by atoms with Crippen LogP contribution in [0.4, 0.5) is 13.2 Å². The molecule has 0 unspecified atom stereocenters. The van der Waals surface area contributed by atoms with Gasteiger partial charge in [0.1, 0.15) is 5.75 Å². The zero-order chi connectivity index (χ0) is 20.8. The molecule has 0 saturated carbocycles. The molecule has 0 heterocycles. The molecular weight excluding hydrogens is 421 g/mol. The maximum Gasteiger partial charge on any atom is 0.573 e. The first kappa shape index (κ1) is 22.0. The summed E-state index contributed by atoms with van der Waals surface area (Å²) in [5, 5.41) is 3.21. The lowest BCUT2D eigenvalue weighted by molar-refractivity contribution is -0.274. The van der Waals surface area contributed by atoms with Gasteiger partial charge in [0.15, 0.2) is 0 Å². The molecule has 0 radical (unpaired) electrons. The number of hydrogen-bond acceptors (Lipinski definition) is 4. The molecule has 152 valence electrons. The number of carbonyl (C=O) groups is 1. The third-order valence-corrected chi connectivity index (χ3v) is 5.14. The normalized spacial score (nSPS) is 11.9. The number of alkyl halides is 3. The Morgan fingerprint density at radius 3 is 2.21 bits per heavy atom. The average Bonchev–Trinajstić information content (AvgIpc) is 2.60. The molecule has 0 spiro atoms. The fourth-order valence-electron chi connectivity index (χ4n) is 2.09. The predicted molar refractivity (Wildman–Crippen MR) is 96.2 cm³/mol. The SMILES string of the molecule is O=C(CCNS(=O)(=O)c1ccc(OC(F)(F)F)cc1)NCc1ccc(Cl)cc1.